The summed E-state index contributed by atoms with van der Waals surface area (Å²) in [4.78, 5) is 12.1. The van der Waals surface area contributed by atoms with E-state index < -0.39 is 0 Å². The predicted octanol–water partition coefficient (Wildman–Crippen LogP) is -1.01. The standard InChI is InChI=1S/C4H7N3O/c1-7-2-4(8)6-5-3-7/h3H,2H2,1H3,(H,6,8). The molecule has 4 nitrogen and oxygen atoms in total. The molecule has 1 amide bonds. The highest BCUT2D eigenvalue weighted by molar-refractivity contribution is 5.82. The summed E-state index contributed by atoms with van der Waals surface area (Å²) in [5.74, 6) is -0.0602. The van der Waals surface area contributed by atoms with Gasteiger partial charge >= 0.3 is 0 Å². The number of hydrogen-bond acceptors (Lipinski definition) is 3. The maximum Gasteiger partial charge on any atom is 0.259 e. The molecule has 8 heavy (non-hydrogen) atoms. The Balaban J connectivity index is 2.54. The summed E-state index contributed by atoms with van der Waals surface area (Å²) in [6.45, 7) is 0.406. The predicted molar refractivity (Wildman–Crippen MR) is 29.3 cm³/mol. The number of rotatable bonds is 0. The number of carbonyl (C=O) groups excluding carboxylic acids is 1. The smallest absolute Gasteiger partial charge is 0.259 e. The summed E-state index contributed by atoms with van der Waals surface area (Å²) in [6.07, 6.45) is 1.57. The SMILES string of the molecule is CN1C=NNC(=O)C1. The number of hydrogen-bond donors (Lipinski definition) is 1. The molecular weight excluding hydrogens is 106 g/mol. The number of hydrazone groups is 1. The van der Waals surface area contributed by atoms with Crippen LogP contribution in [0.3, 0.4) is 0 Å². The van der Waals surface area contributed by atoms with Crippen molar-refractivity contribution >= 4 is 12.2 Å². The zero-order chi connectivity index (χ0) is 5.98. The van der Waals surface area contributed by atoms with E-state index >= 15 is 0 Å². The Bertz CT molecular complexity index is 131. The molecule has 0 unspecified atom stereocenters. The van der Waals surface area contributed by atoms with Crippen LogP contribution in [0.25, 0.3) is 0 Å². The van der Waals surface area contributed by atoms with Crippen LogP contribution in [0.15, 0.2) is 5.10 Å². The van der Waals surface area contributed by atoms with Crippen molar-refractivity contribution in [3.63, 3.8) is 0 Å². The topological polar surface area (TPSA) is 44.7 Å². The fourth-order valence-corrected chi connectivity index (χ4v) is 0.502. The van der Waals surface area contributed by atoms with Crippen LogP contribution in [0, 0.1) is 0 Å². The highest BCUT2D eigenvalue weighted by Crippen LogP contribution is 1.81. The van der Waals surface area contributed by atoms with Gasteiger partial charge in [0.2, 0.25) is 0 Å². The molecule has 0 aromatic carbocycles. The Kier molecular flexibility index (Phi) is 1.15. The molecule has 0 aromatic heterocycles. The molecule has 0 spiro atoms. The second-order valence-electron chi connectivity index (χ2n) is 1.69. The van der Waals surface area contributed by atoms with E-state index in [2.05, 4.69) is 10.5 Å². The van der Waals surface area contributed by atoms with E-state index in [4.69, 9.17) is 0 Å². The molecule has 0 saturated heterocycles. The van der Waals surface area contributed by atoms with Crippen LogP contribution >= 0.6 is 0 Å². The van der Waals surface area contributed by atoms with Gasteiger partial charge in [0.1, 0.15) is 6.34 Å². The number of nitrogens with zero attached hydrogens (tertiary/aromatic N) is 2. The van der Waals surface area contributed by atoms with E-state index in [1.807, 2.05) is 0 Å². The van der Waals surface area contributed by atoms with E-state index in [0.717, 1.165) is 0 Å². The van der Waals surface area contributed by atoms with Gasteiger partial charge < -0.3 is 4.90 Å². The lowest BCUT2D eigenvalue weighted by atomic mass is 10.5. The zero-order valence-corrected chi connectivity index (χ0v) is 4.59. The summed E-state index contributed by atoms with van der Waals surface area (Å²) in [7, 11) is 1.79. The van der Waals surface area contributed by atoms with Gasteiger partial charge in [-0.2, -0.15) is 5.10 Å². The highest BCUT2D eigenvalue weighted by atomic mass is 16.2. The number of amides is 1. The minimum absolute atomic E-state index is 0.0602. The summed E-state index contributed by atoms with van der Waals surface area (Å²) < 4.78 is 0. The first-order valence-electron chi connectivity index (χ1n) is 2.31. The van der Waals surface area contributed by atoms with E-state index in [0.29, 0.717) is 6.54 Å². The molecule has 0 fully saturated rings. The van der Waals surface area contributed by atoms with Crippen LogP contribution < -0.4 is 5.43 Å². The van der Waals surface area contributed by atoms with Gasteiger partial charge in [-0.3, -0.25) is 4.79 Å². The largest absolute Gasteiger partial charge is 0.355 e. The van der Waals surface area contributed by atoms with Crippen molar-refractivity contribution in [2.45, 2.75) is 0 Å². The molecule has 0 radical (unpaired) electrons. The van der Waals surface area contributed by atoms with Gasteiger partial charge in [0.25, 0.3) is 5.91 Å². The lowest BCUT2D eigenvalue weighted by Gasteiger charge is -2.14. The maximum atomic E-state index is 10.4. The van der Waals surface area contributed by atoms with Crippen molar-refractivity contribution in [1.29, 1.82) is 0 Å². The highest BCUT2D eigenvalue weighted by Gasteiger charge is 2.05. The number of nitrogens with one attached hydrogen (secondary N) is 1. The van der Waals surface area contributed by atoms with Crippen molar-refractivity contribution in [2.75, 3.05) is 13.6 Å². The van der Waals surface area contributed by atoms with E-state index in [1.165, 1.54) is 0 Å². The Morgan fingerprint density at radius 3 is 3.12 bits per heavy atom. The van der Waals surface area contributed by atoms with Gasteiger partial charge in [0.15, 0.2) is 0 Å². The quantitative estimate of drug-likeness (QED) is 0.437. The van der Waals surface area contributed by atoms with Crippen molar-refractivity contribution in [3.8, 4) is 0 Å². The fraction of sp³-hybridized carbons (Fsp3) is 0.500. The summed E-state index contributed by atoms with van der Waals surface area (Å²) >= 11 is 0. The molecule has 0 aliphatic carbocycles. The molecule has 1 N–H and O–H groups in total. The first-order chi connectivity index (χ1) is 3.79. The summed E-state index contributed by atoms with van der Waals surface area (Å²) in [5.41, 5.74) is 2.30. The molecular formula is C4H7N3O. The lowest BCUT2D eigenvalue weighted by Crippen LogP contribution is -2.37. The van der Waals surface area contributed by atoms with Crippen LogP contribution in [0.4, 0.5) is 0 Å². The molecule has 0 atom stereocenters. The van der Waals surface area contributed by atoms with Crippen LogP contribution in [-0.2, 0) is 4.79 Å². The minimum Gasteiger partial charge on any atom is -0.355 e. The third-order valence-corrected chi connectivity index (χ3v) is 0.837. The first kappa shape index (κ1) is 5.08. The third-order valence-electron chi connectivity index (χ3n) is 0.837. The molecule has 0 aromatic rings. The van der Waals surface area contributed by atoms with Crippen molar-refractivity contribution in [1.82, 2.24) is 10.3 Å². The van der Waals surface area contributed by atoms with Gasteiger partial charge in [-0.25, -0.2) is 5.43 Å². The van der Waals surface area contributed by atoms with Gasteiger partial charge in [0.05, 0.1) is 6.54 Å². The normalized spacial score (nSPS) is 18.6. The Hall–Kier alpha value is -1.06. The van der Waals surface area contributed by atoms with Crippen LogP contribution in [-0.4, -0.2) is 30.7 Å². The van der Waals surface area contributed by atoms with E-state index in [1.54, 1.807) is 18.3 Å². The van der Waals surface area contributed by atoms with Crippen molar-refractivity contribution in [3.05, 3.63) is 0 Å². The molecule has 4 heteroatoms. The Morgan fingerprint density at radius 1 is 2.00 bits per heavy atom. The third kappa shape index (κ3) is 0.959. The summed E-state index contributed by atoms with van der Waals surface area (Å²) in [5, 5.41) is 3.54. The maximum absolute atomic E-state index is 10.4. The van der Waals surface area contributed by atoms with Gasteiger partial charge in [-0.15, -0.1) is 0 Å². The van der Waals surface area contributed by atoms with Gasteiger partial charge in [-0.1, -0.05) is 0 Å². The second-order valence-corrected chi connectivity index (χ2v) is 1.69. The Labute approximate surface area is 47.2 Å². The minimum atomic E-state index is -0.0602. The zero-order valence-electron chi connectivity index (χ0n) is 4.59. The number of likely N-dealkylation sites (N-methyl/N-ethyl adjacent to an activating group) is 1. The van der Waals surface area contributed by atoms with Crippen molar-refractivity contribution < 1.29 is 4.79 Å². The average molecular weight is 113 g/mol. The molecule has 1 rings (SSSR count). The monoisotopic (exact) mass is 113 g/mol. The summed E-state index contributed by atoms with van der Waals surface area (Å²) in [6, 6.07) is 0. The van der Waals surface area contributed by atoms with Crippen LogP contribution in [0.5, 0.6) is 0 Å². The second kappa shape index (κ2) is 1.81. The molecule has 1 aliphatic rings. The Morgan fingerprint density at radius 2 is 2.75 bits per heavy atom. The van der Waals surface area contributed by atoms with E-state index in [9.17, 15) is 4.79 Å². The van der Waals surface area contributed by atoms with Crippen molar-refractivity contribution in [2.24, 2.45) is 5.10 Å². The van der Waals surface area contributed by atoms with Gasteiger partial charge in [-0.05, 0) is 0 Å². The number of carbonyl (C=O) groups is 1. The molecule has 0 bridgehead atoms. The van der Waals surface area contributed by atoms with Crippen LogP contribution in [0.2, 0.25) is 0 Å². The van der Waals surface area contributed by atoms with Gasteiger partial charge in [0, 0.05) is 7.05 Å². The van der Waals surface area contributed by atoms with E-state index in [-0.39, 0.29) is 5.91 Å². The average Bonchev–Trinajstić information content (AvgIpc) is 1.64. The molecule has 44 valence electrons. The molecule has 1 heterocycles. The molecule has 0 saturated carbocycles. The first-order valence-corrected chi connectivity index (χ1v) is 2.31. The van der Waals surface area contributed by atoms with Crippen LogP contribution in [0.1, 0.15) is 0 Å². The lowest BCUT2D eigenvalue weighted by molar-refractivity contribution is -0.121. The molecule has 1 aliphatic heterocycles. The fourth-order valence-electron chi connectivity index (χ4n) is 0.502.